The van der Waals surface area contributed by atoms with Crippen LogP contribution in [0.25, 0.3) is 0 Å². The molecular formula is C15H23ClN4O. The van der Waals surface area contributed by atoms with Crippen molar-refractivity contribution in [1.29, 1.82) is 0 Å². The van der Waals surface area contributed by atoms with E-state index >= 15 is 0 Å². The van der Waals surface area contributed by atoms with Gasteiger partial charge in [-0.05, 0) is 26.5 Å². The quantitative estimate of drug-likeness (QED) is 0.895. The third-order valence-electron chi connectivity index (χ3n) is 4.03. The molecule has 1 saturated heterocycles. The smallest absolute Gasteiger partial charge is 0.252 e. The highest BCUT2D eigenvalue weighted by Crippen LogP contribution is 2.13. The number of carbonyl (C=O) groups is 1. The van der Waals surface area contributed by atoms with Crippen molar-refractivity contribution >= 4 is 17.5 Å². The lowest BCUT2D eigenvalue weighted by molar-refractivity contribution is 0.0935. The Morgan fingerprint density at radius 2 is 2.14 bits per heavy atom. The molecule has 1 aliphatic heterocycles. The summed E-state index contributed by atoms with van der Waals surface area (Å²) in [6, 6.07) is 2.12. The first-order valence-electron chi connectivity index (χ1n) is 7.38. The second-order valence-corrected chi connectivity index (χ2v) is 6.00. The highest BCUT2D eigenvalue weighted by atomic mass is 35.5. The second-order valence-electron chi connectivity index (χ2n) is 5.59. The monoisotopic (exact) mass is 310 g/mol. The van der Waals surface area contributed by atoms with Crippen LogP contribution in [0.4, 0.5) is 0 Å². The third kappa shape index (κ3) is 4.66. The van der Waals surface area contributed by atoms with Gasteiger partial charge in [0.15, 0.2) is 0 Å². The van der Waals surface area contributed by atoms with Gasteiger partial charge in [-0.25, -0.2) is 0 Å². The fraction of sp³-hybridized carbons (Fsp3) is 0.600. The van der Waals surface area contributed by atoms with E-state index in [2.05, 4.69) is 34.1 Å². The van der Waals surface area contributed by atoms with E-state index in [1.54, 1.807) is 12.3 Å². The van der Waals surface area contributed by atoms with Crippen molar-refractivity contribution in [1.82, 2.24) is 20.1 Å². The van der Waals surface area contributed by atoms with E-state index in [-0.39, 0.29) is 5.91 Å². The standard InChI is InChI=1S/C15H23ClN4O/c1-12(20-9-7-19(2)8-10-20)3-6-18-15(21)13-4-5-17-11-14(13)16/h4-5,11-12H,3,6-10H2,1-2H3,(H,18,21)/t12-/m1/s1. The van der Waals surface area contributed by atoms with Crippen molar-refractivity contribution in [3.63, 3.8) is 0 Å². The average Bonchev–Trinajstić information content (AvgIpc) is 2.48. The van der Waals surface area contributed by atoms with Crippen LogP contribution in [-0.2, 0) is 0 Å². The summed E-state index contributed by atoms with van der Waals surface area (Å²) in [6.45, 7) is 7.30. The molecule has 1 amide bonds. The molecule has 1 N–H and O–H groups in total. The average molecular weight is 311 g/mol. The molecule has 1 aromatic heterocycles. The summed E-state index contributed by atoms with van der Waals surface area (Å²) in [6.07, 6.45) is 4.01. The minimum atomic E-state index is -0.132. The molecule has 2 rings (SSSR count). The van der Waals surface area contributed by atoms with Crippen molar-refractivity contribution in [2.24, 2.45) is 0 Å². The zero-order valence-corrected chi connectivity index (χ0v) is 13.4. The maximum absolute atomic E-state index is 12.0. The fourth-order valence-corrected chi connectivity index (χ4v) is 2.70. The van der Waals surface area contributed by atoms with Gasteiger partial charge >= 0.3 is 0 Å². The number of piperazine rings is 1. The van der Waals surface area contributed by atoms with Gasteiger partial charge in [0.2, 0.25) is 0 Å². The maximum atomic E-state index is 12.0. The van der Waals surface area contributed by atoms with Gasteiger partial charge in [-0.3, -0.25) is 14.7 Å². The lowest BCUT2D eigenvalue weighted by Crippen LogP contribution is -2.48. The molecule has 0 radical (unpaired) electrons. The number of halogens is 1. The van der Waals surface area contributed by atoms with Crippen molar-refractivity contribution in [3.05, 3.63) is 29.0 Å². The minimum absolute atomic E-state index is 0.132. The molecule has 1 aliphatic rings. The van der Waals surface area contributed by atoms with Gasteiger partial charge < -0.3 is 10.2 Å². The Labute approximate surface area is 131 Å². The number of hydrogen-bond donors (Lipinski definition) is 1. The SMILES string of the molecule is C[C@H](CCNC(=O)c1ccncc1Cl)N1CCN(C)CC1. The molecular weight excluding hydrogens is 288 g/mol. The Morgan fingerprint density at radius 3 is 2.81 bits per heavy atom. The number of carbonyl (C=O) groups excluding carboxylic acids is 1. The molecule has 0 bridgehead atoms. The lowest BCUT2D eigenvalue weighted by Gasteiger charge is -2.36. The van der Waals surface area contributed by atoms with Gasteiger partial charge in [0.05, 0.1) is 10.6 Å². The zero-order valence-electron chi connectivity index (χ0n) is 12.7. The van der Waals surface area contributed by atoms with Crippen LogP contribution < -0.4 is 5.32 Å². The van der Waals surface area contributed by atoms with Gasteiger partial charge in [-0.2, -0.15) is 0 Å². The predicted octanol–water partition coefficient (Wildman–Crippen LogP) is 1.49. The molecule has 0 unspecified atom stereocenters. The maximum Gasteiger partial charge on any atom is 0.252 e. The Bertz CT molecular complexity index is 474. The number of aromatic nitrogens is 1. The van der Waals surface area contributed by atoms with Crippen molar-refractivity contribution in [2.75, 3.05) is 39.8 Å². The van der Waals surface area contributed by atoms with Crippen LogP contribution in [0.2, 0.25) is 5.02 Å². The number of nitrogens with zero attached hydrogens (tertiary/aromatic N) is 3. The summed E-state index contributed by atoms with van der Waals surface area (Å²) in [4.78, 5) is 20.7. The largest absolute Gasteiger partial charge is 0.352 e. The number of nitrogens with one attached hydrogen (secondary N) is 1. The molecule has 0 saturated carbocycles. The first-order chi connectivity index (χ1) is 10.1. The molecule has 0 aromatic carbocycles. The summed E-state index contributed by atoms with van der Waals surface area (Å²) in [7, 11) is 2.15. The van der Waals surface area contributed by atoms with E-state index in [9.17, 15) is 4.79 Å². The number of pyridine rings is 1. The van der Waals surface area contributed by atoms with E-state index in [0.29, 0.717) is 23.2 Å². The van der Waals surface area contributed by atoms with E-state index in [4.69, 9.17) is 11.6 Å². The highest BCUT2D eigenvalue weighted by molar-refractivity contribution is 6.33. The van der Waals surface area contributed by atoms with Gasteiger partial charge in [0.1, 0.15) is 0 Å². The zero-order chi connectivity index (χ0) is 15.2. The van der Waals surface area contributed by atoms with Crippen LogP contribution in [0.1, 0.15) is 23.7 Å². The van der Waals surface area contributed by atoms with Crippen molar-refractivity contribution in [3.8, 4) is 0 Å². The van der Waals surface area contributed by atoms with Crippen LogP contribution in [0.5, 0.6) is 0 Å². The fourth-order valence-electron chi connectivity index (χ4n) is 2.49. The van der Waals surface area contributed by atoms with Crippen molar-refractivity contribution < 1.29 is 4.79 Å². The molecule has 5 nitrogen and oxygen atoms in total. The van der Waals surface area contributed by atoms with Gasteiger partial charge in [-0.15, -0.1) is 0 Å². The minimum Gasteiger partial charge on any atom is -0.352 e. The van der Waals surface area contributed by atoms with Crippen LogP contribution in [-0.4, -0.2) is 66.5 Å². The summed E-state index contributed by atoms with van der Waals surface area (Å²) in [5, 5.41) is 3.32. The van der Waals surface area contributed by atoms with Gasteiger partial charge in [0.25, 0.3) is 5.91 Å². The summed E-state index contributed by atoms with van der Waals surface area (Å²) in [5.41, 5.74) is 0.485. The lowest BCUT2D eigenvalue weighted by atomic mass is 10.1. The van der Waals surface area contributed by atoms with E-state index in [1.807, 2.05) is 0 Å². The molecule has 6 heteroatoms. The Kier molecular flexibility index (Phi) is 5.96. The van der Waals surface area contributed by atoms with Crippen LogP contribution in [0.3, 0.4) is 0 Å². The third-order valence-corrected chi connectivity index (χ3v) is 4.33. The molecule has 21 heavy (non-hydrogen) atoms. The molecule has 1 atom stereocenters. The van der Waals surface area contributed by atoms with Crippen molar-refractivity contribution in [2.45, 2.75) is 19.4 Å². The van der Waals surface area contributed by atoms with Gasteiger partial charge in [-0.1, -0.05) is 11.6 Å². The highest BCUT2D eigenvalue weighted by Gasteiger charge is 2.19. The van der Waals surface area contributed by atoms with Gasteiger partial charge in [0, 0.05) is 51.2 Å². The molecule has 116 valence electrons. The summed E-state index contributed by atoms with van der Waals surface area (Å²) >= 11 is 5.96. The Hall–Kier alpha value is -1.17. The number of likely N-dealkylation sites (N-methyl/N-ethyl adjacent to an activating group) is 1. The number of rotatable bonds is 5. The molecule has 0 spiro atoms. The molecule has 1 fully saturated rings. The molecule has 2 heterocycles. The Balaban J connectivity index is 1.74. The van der Waals surface area contributed by atoms with Crippen LogP contribution >= 0.6 is 11.6 Å². The number of hydrogen-bond acceptors (Lipinski definition) is 4. The summed E-state index contributed by atoms with van der Waals surface area (Å²) in [5.74, 6) is -0.132. The van der Waals surface area contributed by atoms with Crippen LogP contribution in [0, 0.1) is 0 Å². The van der Waals surface area contributed by atoms with Crippen LogP contribution in [0.15, 0.2) is 18.5 Å². The van der Waals surface area contributed by atoms with E-state index < -0.39 is 0 Å². The first-order valence-corrected chi connectivity index (χ1v) is 7.76. The normalized spacial score (nSPS) is 18.4. The second kappa shape index (κ2) is 7.73. The first kappa shape index (κ1) is 16.2. The number of amides is 1. The summed E-state index contributed by atoms with van der Waals surface area (Å²) < 4.78 is 0. The predicted molar refractivity (Wildman–Crippen MR) is 84.7 cm³/mol. The molecule has 1 aromatic rings. The van der Waals surface area contributed by atoms with E-state index in [0.717, 1.165) is 32.6 Å². The van der Waals surface area contributed by atoms with E-state index in [1.165, 1.54) is 6.20 Å². The Morgan fingerprint density at radius 1 is 1.43 bits per heavy atom. The molecule has 0 aliphatic carbocycles. The topological polar surface area (TPSA) is 48.5 Å².